The second-order valence-corrected chi connectivity index (χ2v) is 9.14. The maximum atomic E-state index is 14.5. The molecule has 3 aromatic carbocycles. The van der Waals surface area contributed by atoms with Gasteiger partial charge in [-0.3, -0.25) is 9.59 Å². The highest BCUT2D eigenvalue weighted by molar-refractivity contribution is 6.26. The molecule has 6 rings (SSSR count). The van der Waals surface area contributed by atoms with Crippen LogP contribution >= 0.6 is 0 Å². The summed E-state index contributed by atoms with van der Waals surface area (Å²) in [5.41, 5.74) is 1.31. The van der Waals surface area contributed by atoms with Crippen LogP contribution < -0.4 is 14.4 Å². The number of anilines is 1. The van der Waals surface area contributed by atoms with Crippen LogP contribution in [0, 0.1) is 5.92 Å². The van der Waals surface area contributed by atoms with Gasteiger partial charge < -0.3 is 9.47 Å². The summed E-state index contributed by atoms with van der Waals surface area (Å²) in [7, 11) is 3.23. The third-order valence-electron chi connectivity index (χ3n) is 7.58. The molecule has 0 spiro atoms. The molecular weight excluding hydrogens is 442 g/mol. The minimum absolute atomic E-state index is 0.181. The Morgan fingerprint density at radius 1 is 0.800 bits per heavy atom. The zero-order valence-corrected chi connectivity index (χ0v) is 19.8. The maximum Gasteiger partial charge on any atom is 0.261 e. The molecule has 2 amide bonds. The van der Waals surface area contributed by atoms with Crippen molar-refractivity contribution >= 4 is 17.5 Å². The lowest BCUT2D eigenvalue weighted by Gasteiger charge is -2.36. The molecule has 3 fully saturated rings. The minimum atomic E-state index is -1.10. The van der Waals surface area contributed by atoms with Crippen LogP contribution in [0.4, 0.5) is 5.69 Å². The van der Waals surface area contributed by atoms with Gasteiger partial charge in [-0.2, -0.15) is 0 Å². The lowest BCUT2D eigenvalue weighted by Crippen LogP contribution is -2.52. The van der Waals surface area contributed by atoms with Crippen molar-refractivity contribution < 1.29 is 19.1 Å². The third-order valence-corrected chi connectivity index (χ3v) is 7.58. The van der Waals surface area contributed by atoms with E-state index in [9.17, 15) is 9.59 Å². The lowest BCUT2D eigenvalue weighted by atomic mass is 9.75. The average Bonchev–Trinajstić information content (AvgIpc) is 3.55. The number of carbonyl (C=O) groups excluding carboxylic acids is 2. The number of fused-ring (bicyclic) bond motifs is 3. The molecule has 0 aromatic heterocycles. The summed E-state index contributed by atoms with van der Waals surface area (Å²) in [6.07, 6.45) is 0.929. The second-order valence-electron chi connectivity index (χ2n) is 9.14. The number of benzene rings is 3. The molecule has 3 aromatic rings. The number of methoxy groups -OCH3 is 2. The lowest BCUT2D eigenvalue weighted by molar-refractivity contribution is -0.134. The first-order valence-electron chi connectivity index (χ1n) is 11.9. The topological polar surface area (TPSA) is 62.3 Å². The quantitative estimate of drug-likeness (QED) is 0.531. The van der Waals surface area contributed by atoms with E-state index in [1.54, 1.807) is 38.5 Å². The Kier molecular flexibility index (Phi) is 5.12. The molecular formula is C28H27N3O4. The van der Waals surface area contributed by atoms with E-state index >= 15 is 0 Å². The van der Waals surface area contributed by atoms with E-state index in [0.29, 0.717) is 18.0 Å². The van der Waals surface area contributed by atoms with Gasteiger partial charge in [-0.25, -0.2) is 14.9 Å². The normalized spacial score (nSPS) is 26.2. The average molecular weight is 470 g/mol. The van der Waals surface area contributed by atoms with Crippen molar-refractivity contribution in [3.63, 3.8) is 0 Å². The van der Waals surface area contributed by atoms with Gasteiger partial charge in [0.05, 0.1) is 31.9 Å². The fourth-order valence-corrected chi connectivity index (χ4v) is 6.11. The Hall–Kier alpha value is -3.68. The summed E-state index contributed by atoms with van der Waals surface area (Å²) in [5.74, 6) is 0.458. The fourth-order valence-electron chi connectivity index (χ4n) is 6.11. The first kappa shape index (κ1) is 21.8. The van der Waals surface area contributed by atoms with Gasteiger partial charge in [0, 0.05) is 13.1 Å². The highest BCUT2D eigenvalue weighted by Crippen LogP contribution is 2.59. The van der Waals surface area contributed by atoms with E-state index in [0.717, 1.165) is 29.8 Å². The van der Waals surface area contributed by atoms with Crippen molar-refractivity contribution in [1.29, 1.82) is 0 Å². The number of hydrogen-bond donors (Lipinski definition) is 0. The molecule has 35 heavy (non-hydrogen) atoms. The van der Waals surface area contributed by atoms with Gasteiger partial charge in [-0.1, -0.05) is 42.5 Å². The molecule has 0 N–H and O–H groups in total. The molecule has 0 radical (unpaired) electrons. The van der Waals surface area contributed by atoms with Crippen molar-refractivity contribution in [2.75, 3.05) is 32.2 Å². The first-order chi connectivity index (χ1) is 17.1. The molecule has 7 nitrogen and oxygen atoms in total. The van der Waals surface area contributed by atoms with Gasteiger partial charge >= 0.3 is 0 Å². The van der Waals surface area contributed by atoms with Crippen LogP contribution in [0.15, 0.2) is 78.9 Å². The Morgan fingerprint density at radius 3 is 2.06 bits per heavy atom. The Bertz CT molecular complexity index is 1260. The van der Waals surface area contributed by atoms with Crippen molar-refractivity contribution in [1.82, 2.24) is 10.0 Å². The van der Waals surface area contributed by atoms with E-state index < -0.39 is 11.5 Å². The molecule has 0 bridgehead atoms. The SMILES string of the molecule is COc1ccc([C@H]2[C@H]3C(=O)N(c4ccc(OC)cc4)C(=O)[C@@]3(c3ccccc3)N3CCCN23)cc1. The number of amides is 2. The van der Waals surface area contributed by atoms with E-state index in [2.05, 4.69) is 10.0 Å². The van der Waals surface area contributed by atoms with Gasteiger partial charge in [0.1, 0.15) is 11.5 Å². The first-order valence-corrected chi connectivity index (χ1v) is 11.9. The van der Waals surface area contributed by atoms with Gasteiger partial charge in [-0.15, -0.1) is 0 Å². The van der Waals surface area contributed by atoms with Crippen LogP contribution in [0.1, 0.15) is 23.6 Å². The smallest absolute Gasteiger partial charge is 0.261 e. The Labute approximate surface area is 204 Å². The van der Waals surface area contributed by atoms with Crippen LogP contribution in [-0.2, 0) is 15.1 Å². The summed E-state index contributed by atoms with van der Waals surface area (Å²) >= 11 is 0. The highest BCUT2D eigenvalue weighted by Gasteiger charge is 2.73. The van der Waals surface area contributed by atoms with Crippen LogP contribution in [0.25, 0.3) is 0 Å². The Morgan fingerprint density at radius 2 is 1.43 bits per heavy atom. The molecule has 7 heteroatoms. The van der Waals surface area contributed by atoms with E-state index in [1.165, 1.54) is 4.90 Å². The number of ether oxygens (including phenoxy) is 2. The zero-order valence-electron chi connectivity index (χ0n) is 19.8. The fraction of sp³-hybridized carbons (Fsp3) is 0.286. The van der Waals surface area contributed by atoms with Gasteiger partial charge in [0.25, 0.3) is 5.91 Å². The zero-order chi connectivity index (χ0) is 24.2. The predicted octanol–water partition coefficient (Wildman–Crippen LogP) is 3.77. The largest absolute Gasteiger partial charge is 0.497 e. The third kappa shape index (κ3) is 2.98. The molecule has 0 unspecified atom stereocenters. The van der Waals surface area contributed by atoms with Crippen LogP contribution in [-0.4, -0.2) is 49.1 Å². The molecule has 3 aliphatic heterocycles. The molecule has 0 aliphatic carbocycles. The molecule has 3 atom stereocenters. The van der Waals surface area contributed by atoms with Gasteiger partial charge in [0.2, 0.25) is 5.91 Å². The van der Waals surface area contributed by atoms with Gasteiger partial charge in [-0.05, 0) is 53.9 Å². The number of carbonyl (C=O) groups is 2. The van der Waals surface area contributed by atoms with Crippen molar-refractivity contribution in [2.24, 2.45) is 5.92 Å². The van der Waals surface area contributed by atoms with Crippen LogP contribution in [0.2, 0.25) is 0 Å². The summed E-state index contributed by atoms with van der Waals surface area (Å²) in [4.78, 5) is 30.1. The number of imide groups is 1. The van der Waals surface area contributed by atoms with Crippen molar-refractivity contribution in [3.05, 3.63) is 90.0 Å². The number of rotatable bonds is 5. The van der Waals surface area contributed by atoms with E-state index in [4.69, 9.17) is 9.47 Å². The summed E-state index contributed by atoms with van der Waals surface area (Å²) in [6, 6.07) is 24.5. The second kappa shape index (κ2) is 8.22. The minimum Gasteiger partial charge on any atom is -0.497 e. The summed E-state index contributed by atoms with van der Waals surface area (Å²) in [5, 5.41) is 4.40. The number of hydrogen-bond acceptors (Lipinski definition) is 6. The van der Waals surface area contributed by atoms with Crippen LogP contribution in [0.3, 0.4) is 0 Å². The van der Waals surface area contributed by atoms with Crippen molar-refractivity contribution in [2.45, 2.75) is 18.0 Å². The monoisotopic (exact) mass is 469 g/mol. The molecule has 3 heterocycles. The van der Waals surface area contributed by atoms with Gasteiger partial charge in [0.15, 0.2) is 5.54 Å². The molecule has 3 aliphatic rings. The number of nitrogens with zero attached hydrogens (tertiary/aromatic N) is 3. The summed E-state index contributed by atoms with van der Waals surface area (Å²) < 4.78 is 10.6. The molecule has 0 saturated carbocycles. The maximum absolute atomic E-state index is 14.5. The predicted molar refractivity (Wildman–Crippen MR) is 131 cm³/mol. The summed E-state index contributed by atoms with van der Waals surface area (Å²) in [6.45, 7) is 1.51. The highest BCUT2D eigenvalue weighted by atomic mass is 16.5. The van der Waals surface area contributed by atoms with E-state index in [-0.39, 0.29) is 17.9 Å². The van der Waals surface area contributed by atoms with Crippen LogP contribution in [0.5, 0.6) is 11.5 Å². The van der Waals surface area contributed by atoms with Crippen molar-refractivity contribution in [3.8, 4) is 11.5 Å². The molecule has 3 saturated heterocycles. The number of hydrazine groups is 1. The molecule has 178 valence electrons. The van der Waals surface area contributed by atoms with E-state index in [1.807, 2.05) is 54.6 Å². The Balaban J connectivity index is 1.55. The standard InChI is InChI=1S/C28H27N3O4/c1-34-22-13-9-19(10-14-22)25-24-26(32)31(21-11-15-23(35-2)16-12-21)27(33)28(24,20-7-4-3-5-8-20)30-18-6-17-29(25)30/h3-5,7-16,24-25H,6,17-18H2,1-2H3/t24-,25-,28-/m0/s1.